The molecular formula is C19H20ClN3O3. The Morgan fingerprint density at radius 1 is 1.31 bits per heavy atom. The molecule has 3 aromatic rings. The average molecular weight is 374 g/mol. The Morgan fingerprint density at radius 2 is 2.08 bits per heavy atom. The summed E-state index contributed by atoms with van der Waals surface area (Å²) in [6.45, 7) is 1.73. The summed E-state index contributed by atoms with van der Waals surface area (Å²) >= 11 is 6.45. The third-order valence-corrected chi connectivity index (χ3v) is 5.76. The molecule has 6 nitrogen and oxygen atoms in total. The van der Waals surface area contributed by atoms with E-state index in [1.807, 2.05) is 12.1 Å². The molecule has 0 aliphatic heterocycles. The highest BCUT2D eigenvalue weighted by Crippen LogP contribution is 2.36. The summed E-state index contributed by atoms with van der Waals surface area (Å²) in [5.41, 5.74) is 6.64. The molecule has 1 fully saturated rings. The second-order valence-corrected chi connectivity index (χ2v) is 7.45. The Balaban J connectivity index is 2.03. The molecule has 2 heterocycles. The molecule has 2 unspecified atom stereocenters. The van der Waals surface area contributed by atoms with Gasteiger partial charge in [0.2, 0.25) is 5.91 Å². The van der Waals surface area contributed by atoms with Crippen molar-refractivity contribution < 1.29 is 9.32 Å². The molecule has 26 heavy (non-hydrogen) atoms. The van der Waals surface area contributed by atoms with E-state index >= 15 is 0 Å². The highest BCUT2D eigenvalue weighted by molar-refractivity contribution is 6.37. The number of hydrogen-bond acceptors (Lipinski definition) is 4. The van der Waals surface area contributed by atoms with Gasteiger partial charge in [0.25, 0.3) is 5.56 Å². The summed E-state index contributed by atoms with van der Waals surface area (Å²) in [6.07, 6.45) is 4.04. The first-order valence-electron chi connectivity index (χ1n) is 8.87. The van der Waals surface area contributed by atoms with Gasteiger partial charge in [0, 0.05) is 17.3 Å². The topological polar surface area (TPSA) is 91.1 Å². The number of aryl methyl sites for hydroxylation is 1. The molecule has 2 atom stereocenters. The van der Waals surface area contributed by atoms with Crippen molar-refractivity contribution in [2.24, 2.45) is 11.7 Å². The number of aromatic nitrogens is 2. The minimum Gasteiger partial charge on any atom is -0.369 e. The standard InChI is InChI=1S/C19H20ClN3O3/c1-10-15-17(22-26-10)16-13(20)7-4-8-14(16)23(19(15)25)12-6-3-2-5-11(9-12)18(21)24/h4,7-8,11-12H,2-3,5-6,9H2,1H3,(H2,21,24). The summed E-state index contributed by atoms with van der Waals surface area (Å²) in [6, 6.07) is 5.36. The largest absolute Gasteiger partial charge is 0.369 e. The number of benzene rings is 1. The number of nitrogens with zero attached hydrogens (tertiary/aromatic N) is 2. The zero-order valence-electron chi connectivity index (χ0n) is 14.5. The highest BCUT2D eigenvalue weighted by Gasteiger charge is 2.28. The van der Waals surface area contributed by atoms with Gasteiger partial charge >= 0.3 is 0 Å². The van der Waals surface area contributed by atoms with E-state index in [0.29, 0.717) is 33.5 Å². The SMILES string of the molecule is Cc1onc2c1c(=O)n(C1CCCCC(C(N)=O)C1)c1cccc(Cl)c21. The Labute approximate surface area is 154 Å². The van der Waals surface area contributed by atoms with Crippen LogP contribution in [0.25, 0.3) is 21.8 Å². The fourth-order valence-electron chi connectivity index (χ4n) is 4.16. The molecule has 1 aromatic carbocycles. The molecule has 1 aliphatic rings. The maximum Gasteiger partial charge on any atom is 0.264 e. The first-order chi connectivity index (χ1) is 12.5. The van der Waals surface area contributed by atoms with Gasteiger partial charge in [-0.3, -0.25) is 9.59 Å². The van der Waals surface area contributed by atoms with Gasteiger partial charge in [-0.1, -0.05) is 35.7 Å². The fraction of sp³-hybridized carbons (Fsp3) is 0.421. The number of carbonyl (C=O) groups excluding carboxylic acids is 1. The second kappa shape index (κ2) is 6.43. The summed E-state index contributed by atoms with van der Waals surface area (Å²) in [5.74, 6) is -0.0435. The number of carbonyl (C=O) groups is 1. The van der Waals surface area contributed by atoms with Gasteiger partial charge in [0.15, 0.2) is 0 Å². The molecule has 2 aromatic heterocycles. The molecule has 1 aliphatic carbocycles. The molecule has 0 spiro atoms. The normalized spacial score (nSPS) is 21.2. The van der Waals surface area contributed by atoms with E-state index in [4.69, 9.17) is 21.9 Å². The van der Waals surface area contributed by atoms with Crippen LogP contribution >= 0.6 is 11.6 Å². The lowest BCUT2D eigenvalue weighted by molar-refractivity contribution is -0.122. The molecule has 1 saturated carbocycles. The zero-order valence-corrected chi connectivity index (χ0v) is 15.3. The quantitative estimate of drug-likeness (QED) is 0.693. The summed E-state index contributed by atoms with van der Waals surface area (Å²) in [7, 11) is 0. The van der Waals surface area contributed by atoms with Crippen molar-refractivity contribution in [3.8, 4) is 0 Å². The van der Waals surface area contributed by atoms with Gasteiger partial charge in [0.05, 0.1) is 10.5 Å². The molecule has 7 heteroatoms. The minimum atomic E-state index is -0.297. The van der Waals surface area contributed by atoms with Crippen LogP contribution in [0.4, 0.5) is 0 Å². The number of halogens is 1. The number of nitrogens with two attached hydrogens (primary N) is 1. The predicted molar refractivity (Wildman–Crippen MR) is 100 cm³/mol. The van der Waals surface area contributed by atoms with Crippen LogP contribution in [0.1, 0.15) is 43.9 Å². The van der Waals surface area contributed by atoms with Gasteiger partial charge in [-0.25, -0.2) is 0 Å². The van der Waals surface area contributed by atoms with Crippen LogP contribution in [0.15, 0.2) is 27.5 Å². The average Bonchev–Trinajstić information content (AvgIpc) is 2.83. The van der Waals surface area contributed by atoms with E-state index in [-0.39, 0.29) is 23.4 Å². The molecule has 0 radical (unpaired) electrons. The van der Waals surface area contributed by atoms with E-state index in [2.05, 4.69) is 5.16 Å². The highest BCUT2D eigenvalue weighted by atomic mass is 35.5. The van der Waals surface area contributed by atoms with Crippen molar-refractivity contribution in [1.29, 1.82) is 0 Å². The summed E-state index contributed by atoms with van der Waals surface area (Å²) in [4.78, 5) is 25.1. The molecule has 136 valence electrons. The van der Waals surface area contributed by atoms with Crippen LogP contribution in [0, 0.1) is 12.8 Å². The van der Waals surface area contributed by atoms with Crippen molar-refractivity contribution in [3.63, 3.8) is 0 Å². The molecule has 4 rings (SSSR count). The molecule has 1 amide bonds. The fourth-order valence-corrected chi connectivity index (χ4v) is 4.42. The minimum absolute atomic E-state index is 0.109. The number of primary amides is 1. The van der Waals surface area contributed by atoms with E-state index in [1.165, 1.54) is 0 Å². The van der Waals surface area contributed by atoms with Crippen LogP contribution in [-0.4, -0.2) is 15.6 Å². The van der Waals surface area contributed by atoms with E-state index in [1.54, 1.807) is 17.6 Å². The van der Waals surface area contributed by atoms with Gasteiger partial charge in [-0.05, 0) is 38.3 Å². The Bertz CT molecular complexity index is 1070. The van der Waals surface area contributed by atoms with Gasteiger partial charge < -0.3 is 14.8 Å². The zero-order chi connectivity index (χ0) is 18.4. The van der Waals surface area contributed by atoms with Crippen molar-refractivity contribution in [3.05, 3.63) is 39.3 Å². The Kier molecular flexibility index (Phi) is 4.23. The van der Waals surface area contributed by atoms with Crippen LogP contribution in [0.3, 0.4) is 0 Å². The molecular weight excluding hydrogens is 354 g/mol. The number of amides is 1. The number of hydrogen-bond donors (Lipinski definition) is 1. The van der Waals surface area contributed by atoms with Crippen molar-refractivity contribution in [1.82, 2.24) is 9.72 Å². The van der Waals surface area contributed by atoms with Gasteiger partial charge in [0.1, 0.15) is 16.7 Å². The van der Waals surface area contributed by atoms with Crippen molar-refractivity contribution in [2.75, 3.05) is 0 Å². The van der Waals surface area contributed by atoms with Crippen molar-refractivity contribution >= 4 is 39.3 Å². The second-order valence-electron chi connectivity index (χ2n) is 7.04. The summed E-state index contributed by atoms with van der Waals surface area (Å²) in [5, 5.41) is 5.75. The molecule has 2 N–H and O–H groups in total. The van der Waals surface area contributed by atoms with E-state index in [9.17, 15) is 9.59 Å². The van der Waals surface area contributed by atoms with Crippen LogP contribution in [0.5, 0.6) is 0 Å². The maximum atomic E-state index is 13.3. The number of rotatable bonds is 2. The van der Waals surface area contributed by atoms with Crippen LogP contribution in [0.2, 0.25) is 5.02 Å². The maximum absolute atomic E-state index is 13.3. The first-order valence-corrected chi connectivity index (χ1v) is 9.25. The summed E-state index contributed by atoms with van der Waals surface area (Å²) < 4.78 is 7.06. The van der Waals surface area contributed by atoms with Crippen molar-refractivity contribution in [2.45, 2.75) is 45.1 Å². The van der Waals surface area contributed by atoms with Crippen LogP contribution < -0.4 is 11.3 Å². The van der Waals surface area contributed by atoms with Crippen LogP contribution in [-0.2, 0) is 4.79 Å². The van der Waals surface area contributed by atoms with E-state index in [0.717, 1.165) is 31.2 Å². The third-order valence-electron chi connectivity index (χ3n) is 5.45. The smallest absolute Gasteiger partial charge is 0.264 e. The Hall–Kier alpha value is -2.34. The predicted octanol–water partition coefficient (Wildman–Crippen LogP) is 3.71. The lowest BCUT2D eigenvalue weighted by Gasteiger charge is -2.23. The number of pyridine rings is 1. The third kappa shape index (κ3) is 2.60. The molecule has 0 saturated heterocycles. The lowest BCUT2D eigenvalue weighted by atomic mass is 9.96. The van der Waals surface area contributed by atoms with Gasteiger partial charge in [-0.2, -0.15) is 0 Å². The van der Waals surface area contributed by atoms with Gasteiger partial charge in [-0.15, -0.1) is 0 Å². The lowest BCUT2D eigenvalue weighted by Crippen LogP contribution is -2.30. The number of fused-ring (bicyclic) bond motifs is 3. The monoisotopic (exact) mass is 373 g/mol. The first kappa shape index (κ1) is 17.1. The van der Waals surface area contributed by atoms with E-state index < -0.39 is 0 Å². The Morgan fingerprint density at radius 3 is 2.85 bits per heavy atom. The molecule has 0 bridgehead atoms.